The molecule has 0 spiro atoms. The summed E-state index contributed by atoms with van der Waals surface area (Å²) >= 11 is 0. The Morgan fingerprint density at radius 2 is 2.06 bits per heavy atom. The van der Waals surface area contributed by atoms with Crippen LogP contribution in [0.5, 0.6) is 0 Å². The fourth-order valence-corrected chi connectivity index (χ4v) is 1.48. The van der Waals surface area contributed by atoms with Crippen LogP contribution in [-0.4, -0.2) is 38.4 Å². The van der Waals surface area contributed by atoms with Gasteiger partial charge in [-0.15, -0.1) is 0 Å². The van der Waals surface area contributed by atoms with Crippen molar-refractivity contribution < 1.29 is 14.3 Å². The smallest absolute Gasteiger partial charge is 0.325 e. The summed E-state index contributed by atoms with van der Waals surface area (Å²) in [5, 5.41) is 3.23. The second-order valence-corrected chi connectivity index (χ2v) is 4.97. The first-order valence-electron chi connectivity index (χ1n) is 6.37. The number of carbonyl (C=O) groups excluding carboxylic acids is 1. The molecule has 17 heavy (non-hydrogen) atoms. The third-order valence-electron chi connectivity index (χ3n) is 2.60. The molecule has 1 atom stereocenters. The minimum atomic E-state index is -0.637. The SMILES string of the molecule is CCCNC(C)(CCOCC(C)C)C(=O)OC. The van der Waals surface area contributed by atoms with Gasteiger partial charge in [-0.1, -0.05) is 20.8 Å². The second kappa shape index (κ2) is 8.48. The van der Waals surface area contributed by atoms with Crippen molar-refractivity contribution in [1.82, 2.24) is 5.32 Å². The third kappa shape index (κ3) is 6.64. The van der Waals surface area contributed by atoms with Gasteiger partial charge in [-0.3, -0.25) is 4.79 Å². The summed E-state index contributed by atoms with van der Waals surface area (Å²) in [6, 6.07) is 0. The summed E-state index contributed by atoms with van der Waals surface area (Å²) in [4.78, 5) is 11.7. The number of rotatable bonds is 9. The second-order valence-electron chi connectivity index (χ2n) is 4.97. The Labute approximate surface area is 105 Å². The molecule has 0 aliphatic carbocycles. The minimum Gasteiger partial charge on any atom is -0.468 e. The lowest BCUT2D eigenvalue weighted by Gasteiger charge is -2.28. The van der Waals surface area contributed by atoms with Crippen molar-refractivity contribution in [2.24, 2.45) is 5.92 Å². The number of esters is 1. The summed E-state index contributed by atoms with van der Waals surface area (Å²) in [5.74, 6) is 0.294. The van der Waals surface area contributed by atoms with Crippen molar-refractivity contribution in [3.63, 3.8) is 0 Å². The van der Waals surface area contributed by atoms with Crippen molar-refractivity contribution >= 4 is 5.97 Å². The Hall–Kier alpha value is -0.610. The standard InChI is InChI=1S/C13H27NO3/c1-6-8-14-13(4,12(15)16-5)7-9-17-10-11(2)3/h11,14H,6-10H2,1-5H3. The van der Waals surface area contributed by atoms with Gasteiger partial charge in [-0.05, 0) is 32.2 Å². The maximum absolute atomic E-state index is 11.7. The highest BCUT2D eigenvalue weighted by molar-refractivity contribution is 5.80. The van der Waals surface area contributed by atoms with Crippen LogP contribution in [0.15, 0.2) is 0 Å². The Balaban J connectivity index is 4.14. The van der Waals surface area contributed by atoms with Gasteiger partial charge in [0.05, 0.1) is 7.11 Å². The maximum atomic E-state index is 11.7. The summed E-state index contributed by atoms with van der Waals surface area (Å²) in [6.07, 6.45) is 1.62. The fourth-order valence-electron chi connectivity index (χ4n) is 1.48. The van der Waals surface area contributed by atoms with Crippen LogP contribution in [0.1, 0.15) is 40.5 Å². The average Bonchev–Trinajstić information content (AvgIpc) is 2.30. The molecule has 1 unspecified atom stereocenters. The summed E-state index contributed by atoms with van der Waals surface area (Å²) in [6.45, 7) is 10.2. The molecule has 0 saturated heterocycles. The van der Waals surface area contributed by atoms with Gasteiger partial charge in [-0.2, -0.15) is 0 Å². The van der Waals surface area contributed by atoms with Crippen molar-refractivity contribution in [1.29, 1.82) is 0 Å². The van der Waals surface area contributed by atoms with Crippen LogP contribution in [0, 0.1) is 5.92 Å². The molecule has 0 aromatic rings. The number of ether oxygens (including phenoxy) is 2. The van der Waals surface area contributed by atoms with E-state index in [1.807, 2.05) is 6.92 Å². The van der Waals surface area contributed by atoms with E-state index in [1.165, 1.54) is 7.11 Å². The Morgan fingerprint density at radius 1 is 1.41 bits per heavy atom. The Morgan fingerprint density at radius 3 is 2.53 bits per heavy atom. The van der Waals surface area contributed by atoms with Gasteiger partial charge in [0, 0.05) is 13.2 Å². The molecule has 1 N–H and O–H groups in total. The van der Waals surface area contributed by atoms with Gasteiger partial charge in [0.2, 0.25) is 0 Å². The summed E-state index contributed by atoms with van der Waals surface area (Å²) in [5.41, 5.74) is -0.637. The first kappa shape index (κ1) is 16.4. The number of nitrogens with one attached hydrogen (secondary N) is 1. The molecule has 0 rings (SSSR count). The van der Waals surface area contributed by atoms with Gasteiger partial charge in [-0.25, -0.2) is 0 Å². The Kier molecular flexibility index (Phi) is 8.17. The van der Waals surface area contributed by atoms with E-state index < -0.39 is 5.54 Å². The predicted octanol–water partition coefficient (Wildman–Crippen LogP) is 1.98. The first-order chi connectivity index (χ1) is 7.96. The summed E-state index contributed by atoms with van der Waals surface area (Å²) < 4.78 is 10.4. The molecule has 4 heteroatoms. The van der Waals surface area contributed by atoms with E-state index in [4.69, 9.17) is 9.47 Å². The van der Waals surface area contributed by atoms with E-state index in [2.05, 4.69) is 26.1 Å². The Bertz CT molecular complexity index is 219. The summed E-state index contributed by atoms with van der Waals surface area (Å²) in [7, 11) is 1.42. The lowest BCUT2D eigenvalue weighted by molar-refractivity contribution is -0.148. The van der Waals surface area contributed by atoms with Crippen LogP contribution in [0.4, 0.5) is 0 Å². The normalized spacial score (nSPS) is 14.7. The number of hydrogen-bond acceptors (Lipinski definition) is 4. The van der Waals surface area contributed by atoms with Crippen molar-refractivity contribution in [3.8, 4) is 0 Å². The largest absolute Gasteiger partial charge is 0.468 e. The van der Waals surface area contributed by atoms with Crippen molar-refractivity contribution in [2.45, 2.75) is 46.1 Å². The minimum absolute atomic E-state index is 0.223. The lowest BCUT2D eigenvalue weighted by atomic mass is 9.98. The van der Waals surface area contributed by atoms with E-state index in [-0.39, 0.29) is 5.97 Å². The lowest BCUT2D eigenvalue weighted by Crippen LogP contribution is -2.51. The van der Waals surface area contributed by atoms with Crippen molar-refractivity contribution in [3.05, 3.63) is 0 Å². The highest BCUT2D eigenvalue weighted by Crippen LogP contribution is 2.12. The number of hydrogen-bond donors (Lipinski definition) is 1. The molecule has 0 bridgehead atoms. The quantitative estimate of drug-likeness (QED) is 0.498. The molecule has 0 aliphatic heterocycles. The van der Waals surface area contributed by atoms with Crippen LogP contribution >= 0.6 is 0 Å². The van der Waals surface area contributed by atoms with Gasteiger partial charge in [0.25, 0.3) is 0 Å². The topological polar surface area (TPSA) is 47.6 Å². The fraction of sp³-hybridized carbons (Fsp3) is 0.923. The van der Waals surface area contributed by atoms with E-state index in [9.17, 15) is 4.79 Å². The van der Waals surface area contributed by atoms with Gasteiger partial charge < -0.3 is 14.8 Å². The number of carbonyl (C=O) groups is 1. The average molecular weight is 245 g/mol. The molecule has 0 aromatic carbocycles. The monoisotopic (exact) mass is 245 g/mol. The molecule has 0 aliphatic rings. The van der Waals surface area contributed by atoms with Crippen LogP contribution in [0.25, 0.3) is 0 Å². The molecule has 4 nitrogen and oxygen atoms in total. The van der Waals surface area contributed by atoms with Crippen LogP contribution < -0.4 is 5.32 Å². The highest BCUT2D eigenvalue weighted by atomic mass is 16.5. The first-order valence-corrected chi connectivity index (χ1v) is 6.37. The molecule has 102 valence electrons. The van der Waals surface area contributed by atoms with E-state index in [1.54, 1.807) is 0 Å². The van der Waals surface area contributed by atoms with Gasteiger partial charge in [0.15, 0.2) is 0 Å². The highest BCUT2D eigenvalue weighted by Gasteiger charge is 2.33. The number of methoxy groups -OCH3 is 1. The predicted molar refractivity (Wildman–Crippen MR) is 69.0 cm³/mol. The van der Waals surface area contributed by atoms with Crippen LogP contribution in [0.2, 0.25) is 0 Å². The van der Waals surface area contributed by atoms with E-state index in [0.717, 1.165) is 19.6 Å². The van der Waals surface area contributed by atoms with Gasteiger partial charge >= 0.3 is 5.97 Å². The molecular weight excluding hydrogens is 218 g/mol. The van der Waals surface area contributed by atoms with Crippen molar-refractivity contribution in [2.75, 3.05) is 26.9 Å². The molecule has 0 aromatic heterocycles. The zero-order chi connectivity index (χ0) is 13.3. The van der Waals surface area contributed by atoms with Crippen LogP contribution in [-0.2, 0) is 14.3 Å². The molecule has 0 heterocycles. The zero-order valence-electron chi connectivity index (χ0n) is 11.8. The molecule has 0 saturated carbocycles. The zero-order valence-corrected chi connectivity index (χ0v) is 11.8. The van der Waals surface area contributed by atoms with Gasteiger partial charge in [0.1, 0.15) is 5.54 Å². The maximum Gasteiger partial charge on any atom is 0.325 e. The molecular formula is C13H27NO3. The van der Waals surface area contributed by atoms with E-state index in [0.29, 0.717) is 18.9 Å². The molecule has 0 amide bonds. The van der Waals surface area contributed by atoms with E-state index >= 15 is 0 Å². The third-order valence-corrected chi connectivity index (χ3v) is 2.60. The molecule has 0 fully saturated rings. The molecule has 0 radical (unpaired) electrons. The van der Waals surface area contributed by atoms with Crippen LogP contribution in [0.3, 0.4) is 0 Å².